The molecule has 8 nitrogen and oxygen atoms in total. The maximum absolute atomic E-state index is 13.0. The van der Waals surface area contributed by atoms with Crippen LogP contribution in [-0.2, 0) is 33.4 Å². The lowest BCUT2D eigenvalue weighted by molar-refractivity contribution is -0.162. The van der Waals surface area contributed by atoms with Crippen molar-refractivity contribution in [2.24, 2.45) is 5.92 Å². The van der Waals surface area contributed by atoms with Crippen LogP contribution >= 0.6 is 0 Å². The van der Waals surface area contributed by atoms with E-state index in [1.807, 2.05) is 48.5 Å². The van der Waals surface area contributed by atoms with E-state index in [0.717, 1.165) is 22.3 Å². The number of fused-ring (bicyclic) bond motifs is 3. The molecule has 0 saturated heterocycles. The highest BCUT2D eigenvalue weighted by Crippen LogP contribution is 2.44. The summed E-state index contributed by atoms with van der Waals surface area (Å²) in [6.45, 7) is 11.9. The zero-order chi connectivity index (χ0) is 29.0. The largest absolute Gasteiger partial charge is 0.464 e. The number of benzene rings is 2. The molecule has 1 N–H and O–H groups in total. The minimum atomic E-state index is -1.18. The molecule has 0 radical (unpaired) electrons. The summed E-state index contributed by atoms with van der Waals surface area (Å²) in [6, 6.07) is 14.8. The first-order chi connectivity index (χ1) is 18.2. The molecule has 0 spiro atoms. The summed E-state index contributed by atoms with van der Waals surface area (Å²) in [5, 5.41) is 2.58. The van der Waals surface area contributed by atoms with Gasteiger partial charge in [-0.15, -0.1) is 0 Å². The van der Waals surface area contributed by atoms with Crippen LogP contribution in [-0.4, -0.2) is 47.7 Å². The van der Waals surface area contributed by atoms with E-state index < -0.39 is 47.0 Å². The molecule has 1 amide bonds. The Morgan fingerprint density at radius 3 is 1.82 bits per heavy atom. The van der Waals surface area contributed by atoms with E-state index in [0.29, 0.717) is 0 Å². The summed E-state index contributed by atoms with van der Waals surface area (Å²) >= 11 is 0. The number of amides is 1. The molecular formula is C31H39NO7. The molecule has 0 aliphatic heterocycles. The highest BCUT2D eigenvalue weighted by atomic mass is 16.6. The third-order valence-electron chi connectivity index (χ3n) is 6.17. The van der Waals surface area contributed by atoms with E-state index in [2.05, 4.69) is 5.32 Å². The highest BCUT2D eigenvalue weighted by Gasteiger charge is 2.33. The molecule has 0 bridgehead atoms. The van der Waals surface area contributed by atoms with E-state index >= 15 is 0 Å². The van der Waals surface area contributed by atoms with Crippen molar-refractivity contribution in [2.45, 2.75) is 84.5 Å². The van der Waals surface area contributed by atoms with Crippen molar-refractivity contribution in [1.29, 1.82) is 0 Å². The molecule has 1 aliphatic rings. The predicted molar refractivity (Wildman–Crippen MR) is 147 cm³/mol. The summed E-state index contributed by atoms with van der Waals surface area (Å²) in [7, 11) is 0. The monoisotopic (exact) mass is 537 g/mol. The van der Waals surface area contributed by atoms with E-state index in [1.54, 1.807) is 41.5 Å². The number of ether oxygens (including phenoxy) is 3. The zero-order valence-corrected chi connectivity index (χ0v) is 23.8. The highest BCUT2D eigenvalue weighted by molar-refractivity contribution is 5.99. The van der Waals surface area contributed by atoms with Gasteiger partial charge in [-0.2, -0.15) is 0 Å². The predicted octanol–water partition coefficient (Wildman–Crippen LogP) is 4.93. The first kappa shape index (κ1) is 29.9. The Morgan fingerprint density at radius 1 is 0.795 bits per heavy atom. The van der Waals surface area contributed by atoms with Gasteiger partial charge in [-0.1, -0.05) is 48.5 Å². The number of carbonyl (C=O) groups excluding carboxylic acids is 4. The second kappa shape index (κ2) is 12.0. The van der Waals surface area contributed by atoms with Gasteiger partial charge in [0.15, 0.2) is 0 Å². The fraction of sp³-hybridized carbons (Fsp3) is 0.484. The van der Waals surface area contributed by atoms with Gasteiger partial charge in [0, 0.05) is 12.3 Å². The Labute approximate surface area is 230 Å². The lowest BCUT2D eigenvalue weighted by Crippen LogP contribution is -2.47. The van der Waals surface area contributed by atoms with Gasteiger partial charge in [0.2, 0.25) is 5.91 Å². The van der Waals surface area contributed by atoms with Crippen LogP contribution in [0.3, 0.4) is 0 Å². The summed E-state index contributed by atoms with van der Waals surface area (Å²) in [5.41, 5.74) is 2.85. The minimum Gasteiger partial charge on any atom is -0.464 e. The van der Waals surface area contributed by atoms with Crippen LogP contribution in [0.5, 0.6) is 0 Å². The molecule has 0 unspecified atom stereocenters. The Morgan fingerprint density at radius 2 is 1.31 bits per heavy atom. The first-order valence-electron chi connectivity index (χ1n) is 13.3. The third kappa shape index (κ3) is 8.15. The molecule has 210 valence electrons. The lowest BCUT2D eigenvalue weighted by Gasteiger charge is -2.26. The van der Waals surface area contributed by atoms with Crippen LogP contribution in [0.15, 0.2) is 48.5 Å². The number of hydrogen-bond acceptors (Lipinski definition) is 7. The van der Waals surface area contributed by atoms with Gasteiger partial charge in [0.1, 0.15) is 29.8 Å². The molecule has 8 heteroatoms. The number of hydrogen-bond donors (Lipinski definition) is 1. The van der Waals surface area contributed by atoms with Crippen molar-refractivity contribution in [1.82, 2.24) is 5.32 Å². The fourth-order valence-electron chi connectivity index (χ4n) is 4.41. The van der Waals surface area contributed by atoms with E-state index in [-0.39, 0.29) is 25.4 Å². The zero-order valence-electron chi connectivity index (χ0n) is 23.8. The molecule has 1 aliphatic carbocycles. The Kier molecular flexibility index (Phi) is 9.20. The quantitative estimate of drug-likeness (QED) is 0.275. The molecule has 0 saturated carbocycles. The topological polar surface area (TPSA) is 108 Å². The van der Waals surface area contributed by atoms with Crippen molar-refractivity contribution >= 4 is 23.8 Å². The Hall–Kier alpha value is -3.68. The molecule has 0 fully saturated rings. The molecule has 2 aromatic carbocycles. The van der Waals surface area contributed by atoms with Crippen LogP contribution < -0.4 is 5.32 Å². The van der Waals surface area contributed by atoms with Gasteiger partial charge in [0.05, 0.1) is 0 Å². The van der Waals surface area contributed by atoms with E-state index in [1.165, 1.54) is 6.92 Å². The molecule has 2 atom stereocenters. The minimum absolute atomic E-state index is 0.0347. The maximum Gasteiger partial charge on any atom is 0.329 e. The van der Waals surface area contributed by atoms with Crippen molar-refractivity contribution in [3.8, 4) is 11.1 Å². The average molecular weight is 538 g/mol. The second-order valence-corrected chi connectivity index (χ2v) is 11.8. The second-order valence-electron chi connectivity index (χ2n) is 11.8. The van der Waals surface area contributed by atoms with Crippen molar-refractivity contribution in [3.63, 3.8) is 0 Å². The van der Waals surface area contributed by atoms with Gasteiger partial charge in [-0.05, 0) is 77.1 Å². The third-order valence-corrected chi connectivity index (χ3v) is 6.17. The summed E-state index contributed by atoms with van der Waals surface area (Å²) in [6.07, 6.45) is -0.145. The Bertz CT molecular complexity index is 1180. The standard InChI is InChI=1S/C31H39NO7/c1-19(27(34)32-25(29(36)39-31(5,6)7)16-17-26(33)38-30(2,3)4)28(35)37-18-24-22-14-10-8-12-20(22)21-13-9-11-15-23(21)24/h8-15,19,24-25H,16-18H2,1-7H3,(H,32,34)/t19-,25-/m0/s1. The number of rotatable bonds is 9. The van der Waals surface area contributed by atoms with Gasteiger partial charge in [-0.3, -0.25) is 14.4 Å². The SMILES string of the molecule is C[C@@H](C(=O)N[C@@H](CCC(=O)OC(C)(C)C)C(=O)OC(C)(C)C)C(=O)OCC1c2ccccc2-c2ccccc21. The van der Waals surface area contributed by atoms with Gasteiger partial charge in [-0.25, -0.2) is 4.79 Å². The Balaban J connectivity index is 1.64. The molecule has 39 heavy (non-hydrogen) atoms. The van der Waals surface area contributed by atoms with Gasteiger partial charge < -0.3 is 19.5 Å². The van der Waals surface area contributed by atoms with Crippen LogP contribution in [0.4, 0.5) is 0 Å². The van der Waals surface area contributed by atoms with Crippen molar-refractivity contribution < 1.29 is 33.4 Å². The maximum atomic E-state index is 13.0. The smallest absolute Gasteiger partial charge is 0.329 e. The van der Waals surface area contributed by atoms with Gasteiger partial charge >= 0.3 is 17.9 Å². The average Bonchev–Trinajstić information content (AvgIpc) is 3.16. The number of carbonyl (C=O) groups is 4. The lowest BCUT2D eigenvalue weighted by atomic mass is 9.98. The summed E-state index contributed by atoms with van der Waals surface area (Å²) in [5.74, 6) is -3.91. The molecule has 3 rings (SSSR count). The molecule has 0 heterocycles. The van der Waals surface area contributed by atoms with Crippen molar-refractivity contribution in [3.05, 3.63) is 59.7 Å². The number of esters is 3. The van der Waals surface area contributed by atoms with Crippen molar-refractivity contribution in [2.75, 3.05) is 6.61 Å². The summed E-state index contributed by atoms with van der Waals surface area (Å²) < 4.78 is 16.4. The summed E-state index contributed by atoms with van der Waals surface area (Å²) in [4.78, 5) is 50.9. The van der Waals surface area contributed by atoms with Crippen LogP contribution in [0.1, 0.15) is 78.4 Å². The van der Waals surface area contributed by atoms with E-state index in [9.17, 15) is 19.2 Å². The normalized spacial score (nSPS) is 14.4. The number of nitrogens with one attached hydrogen (secondary N) is 1. The van der Waals surface area contributed by atoms with Gasteiger partial charge in [0.25, 0.3) is 0 Å². The van der Waals surface area contributed by atoms with Crippen LogP contribution in [0.25, 0.3) is 11.1 Å². The molecular weight excluding hydrogens is 498 g/mol. The molecule has 2 aromatic rings. The van der Waals surface area contributed by atoms with Crippen LogP contribution in [0, 0.1) is 5.92 Å². The first-order valence-corrected chi connectivity index (χ1v) is 13.3. The van der Waals surface area contributed by atoms with E-state index in [4.69, 9.17) is 14.2 Å². The fourth-order valence-corrected chi connectivity index (χ4v) is 4.41. The van der Waals surface area contributed by atoms with Crippen LogP contribution in [0.2, 0.25) is 0 Å². The molecule has 0 aromatic heterocycles.